The summed E-state index contributed by atoms with van der Waals surface area (Å²) in [5.41, 5.74) is 1.02. The van der Waals surface area contributed by atoms with Gasteiger partial charge in [0.2, 0.25) is 0 Å². The van der Waals surface area contributed by atoms with E-state index in [0.29, 0.717) is 11.8 Å². The van der Waals surface area contributed by atoms with Crippen molar-refractivity contribution < 1.29 is 9.30 Å². The van der Waals surface area contributed by atoms with Crippen LogP contribution in [0.5, 0.6) is 5.75 Å². The number of fused-ring (bicyclic) bond motifs is 1. The summed E-state index contributed by atoms with van der Waals surface area (Å²) in [6, 6.07) is 18.2. The number of benzene rings is 2. The van der Waals surface area contributed by atoms with Gasteiger partial charge >= 0.3 is 0 Å². The van der Waals surface area contributed by atoms with E-state index in [1.165, 1.54) is 0 Å². The summed E-state index contributed by atoms with van der Waals surface area (Å²) in [5, 5.41) is 0.816. The predicted molar refractivity (Wildman–Crippen MR) is 93.8 cm³/mol. The molecule has 23 heavy (non-hydrogen) atoms. The highest BCUT2D eigenvalue weighted by Gasteiger charge is 2.52. The number of anilines is 1. The first-order valence-corrected chi connectivity index (χ1v) is 9.70. The van der Waals surface area contributed by atoms with E-state index in [1.807, 2.05) is 54.6 Å². The lowest BCUT2D eigenvalue weighted by molar-refractivity contribution is 0.413. The average Bonchev–Trinajstić information content (AvgIpc) is 3.18. The summed E-state index contributed by atoms with van der Waals surface area (Å²) in [7, 11) is -1.22. The molecular weight excluding hydrogens is 307 g/mol. The zero-order chi connectivity index (χ0) is 15.9. The van der Waals surface area contributed by atoms with Gasteiger partial charge in [-0.2, -0.15) is 0 Å². The van der Waals surface area contributed by atoms with Crippen molar-refractivity contribution in [1.29, 1.82) is 0 Å². The molecule has 2 atom stereocenters. The molecular formula is C18H21N2O2P. The second kappa shape index (κ2) is 5.70. The van der Waals surface area contributed by atoms with Gasteiger partial charge in [0.15, 0.2) is 0 Å². The molecule has 2 saturated heterocycles. The Morgan fingerprint density at radius 1 is 1.09 bits per heavy atom. The van der Waals surface area contributed by atoms with Crippen LogP contribution >= 0.6 is 7.44 Å². The van der Waals surface area contributed by atoms with Gasteiger partial charge in [-0.3, -0.25) is 4.57 Å². The molecule has 2 aliphatic rings. The minimum absolute atomic E-state index is 0.367. The van der Waals surface area contributed by atoms with Crippen molar-refractivity contribution in [3.63, 3.8) is 0 Å². The molecule has 2 aliphatic heterocycles. The van der Waals surface area contributed by atoms with E-state index in [0.717, 1.165) is 36.9 Å². The molecule has 0 N–H and O–H groups in total. The van der Waals surface area contributed by atoms with Gasteiger partial charge in [0.1, 0.15) is 5.75 Å². The Hall–Kier alpha value is -1.77. The summed E-state index contributed by atoms with van der Waals surface area (Å²) in [6.45, 7) is 1.71. The third-order valence-electron chi connectivity index (χ3n) is 4.86. The molecule has 2 heterocycles. The zero-order valence-electron chi connectivity index (χ0n) is 13.3. The summed E-state index contributed by atoms with van der Waals surface area (Å²) in [4.78, 5) is 0. The molecule has 0 aromatic heterocycles. The molecule has 2 unspecified atom stereocenters. The molecule has 0 amide bonds. The number of ether oxygens (including phenoxy) is 1. The van der Waals surface area contributed by atoms with Crippen LogP contribution < -0.4 is 14.7 Å². The number of hydrogen-bond donors (Lipinski definition) is 0. The Labute approximate surface area is 137 Å². The molecule has 0 bridgehead atoms. The molecule has 2 aromatic rings. The Balaban J connectivity index is 1.88. The van der Waals surface area contributed by atoms with Crippen LogP contribution in [0.2, 0.25) is 0 Å². The van der Waals surface area contributed by atoms with E-state index in [4.69, 9.17) is 4.74 Å². The second-order valence-corrected chi connectivity index (χ2v) is 8.66. The fourth-order valence-electron chi connectivity index (χ4n) is 3.81. The van der Waals surface area contributed by atoms with Crippen molar-refractivity contribution in [2.24, 2.45) is 0 Å². The minimum Gasteiger partial charge on any atom is -0.496 e. The van der Waals surface area contributed by atoms with Crippen molar-refractivity contribution in [2.75, 3.05) is 24.9 Å². The van der Waals surface area contributed by atoms with Gasteiger partial charge in [-0.25, -0.2) is 4.67 Å². The number of para-hydroxylation sites is 2. The fourth-order valence-corrected chi connectivity index (χ4v) is 7.26. The molecule has 0 spiro atoms. The fraction of sp³-hybridized carbons (Fsp3) is 0.333. The smallest absolute Gasteiger partial charge is 0.273 e. The highest BCUT2D eigenvalue weighted by molar-refractivity contribution is 7.71. The van der Waals surface area contributed by atoms with Crippen molar-refractivity contribution in [1.82, 2.24) is 4.67 Å². The third kappa shape index (κ3) is 2.20. The molecule has 4 rings (SSSR count). The lowest BCUT2D eigenvalue weighted by Gasteiger charge is -2.32. The number of methoxy groups -OCH3 is 1. The maximum atomic E-state index is 14.3. The summed E-state index contributed by atoms with van der Waals surface area (Å²) in [5.74, 6) is 0.712. The van der Waals surface area contributed by atoms with Crippen LogP contribution in [-0.4, -0.2) is 30.9 Å². The summed E-state index contributed by atoms with van der Waals surface area (Å²) in [6.07, 6.45) is 2.23. The minimum atomic E-state index is -2.87. The highest BCUT2D eigenvalue weighted by Crippen LogP contribution is 2.62. The van der Waals surface area contributed by atoms with E-state index in [2.05, 4.69) is 9.34 Å². The Morgan fingerprint density at radius 2 is 1.83 bits per heavy atom. The number of hydrogen-bond acceptors (Lipinski definition) is 2. The van der Waals surface area contributed by atoms with Crippen LogP contribution in [-0.2, 0) is 4.57 Å². The van der Waals surface area contributed by atoms with Crippen LogP contribution in [0.3, 0.4) is 0 Å². The standard InChI is InChI=1S/C18H21N2O2P/c1-22-17-11-5-6-12-18(17)23(21)19-13-7-10-16(19)14-20(23)15-8-3-2-4-9-15/h2-6,8-9,11-12,16H,7,10,13-14H2,1H3. The molecule has 5 heteroatoms. The van der Waals surface area contributed by atoms with Crippen molar-refractivity contribution in [3.8, 4) is 5.75 Å². The molecule has 2 aromatic carbocycles. The monoisotopic (exact) mass is 328 g/mol. The lowest BCUT2D eigenvalue weighted by Crippen LogP contribution is -2.28. The third-order valence-corrected chi connectivity index (χ3v) is 8.13. The van der Waals surface area contributed by atoms with Gasteiger partial charge < -0.3 is 9.41 Å². The van der Waals surface area contributed by atoms with Crippen molar-refractivity contribution in [2.45, 2.75) is 18.9 Å². The lowest BCUT2D eigenvalue weighted by atomic mass is 10.2. The molecule has 120 valence electrons. The van der Waals surface area contributed by atoms with Gasteiger partial charge in [0, 0.05) is 24.8 Å². The Bertz CT molecular complexity index is 750. The van der Waals surface area contributed by atoms with Gasteiger partial charge in [0.05, 0.1) is 12.4 Å². The summed E-state index contributed by atoms with van der Waals surface area (Å²) >= 11 is 0. The molecule has 0 aliphatic carbocycles. The SMILES string of the molecule is COc1ccccc1P1(=O)N(c2ccccc2)CC2CCCN21. The van der Waals surface area contributed by atoms with Crippen molar-refractivity contribution >= 4 is 18.4 Å². The first-order valence-electron chi connectivity index (χ1n) is 8.09. The van der Waals surface area contributed by atoms with Crippen LogP contribution in [0.1, 0.15) is 12.8 Å². The van der Waals surface area contributed by atoms with E-state index in [-0.39, 0.29) is 0 Å². The van der Waals surface area contributed by atoms with Gasteiger partial charge in [-0.15, -0.1) is 0 Å². The van der Waals surface area contributed by atoms with E-state index in [9.17, 15) is 4.57 Å². The Kier molecular flexibility index (Phi) is 3.67. The Morgan fingerprint density at radius 3 is 2.61 bits per heavy atom. The maximum Gasteiger partial charge on any atom is 0.273 e. The normalized spacial score (nSPS) is 27.2. The van der Waals surface area contributed by atoms with Crippen molar-refractivity contribution in [3.05, 3.63) is 54.6 Å². The van der Waals surface area contributed by atoms with Gasteiger partial charge in [-0.05, 0) is 37.1 Å². The van der Waals surface area contributed by atoms with Crippen LogP contribution in [0, 0.1) is 0 Å². The number of nitrogens with zero attached hydrogens (tertiary/aromatic N) is 2. The van der Waals surface area contributed by atoms with Gasteiger partial charge in [-0.1, -0.05) is 30.3 Å². The van der Waals surface area contributed by atoms with Crippen LogP contribution in [0.15, 0.2) is 54.6 Å². The molecule has 0 radical (unpaired) electrons. The average molecular weight is 328 g/mol. The van der Waals surface area contributed by atoms with E-state index >= 15 is 0 Å². The van der Waals surface area contributed by atoms with Gasteiger partial charge in [0.25, 0.3) is 7.44 Å². The second-order valence-electron chi connectivity index (χ2n) is 6.09. The topological polar surface area (TPSA) is 32.8 Å². The zero-order valence-corrected chi connectivity index (χ0v) is 14.2. The molecule has 4 nitrogen and oxygen atoms in total. The summed E-state index contributed by atoms with van der Waals surface area (Å²) < 4.78 is 24.2. The quantitative estimate of drug-likeness (QED) is 0.808. The largest absolute Gasteiger partial charge is 0.496 e. The maximum absolute atomic E-state index is 14.3. The first-order chi connectivity index (χ1) is 11.2. The number of rotatable bonds is 3. The van der Waals surface area contributed by atoms with Crippen LogP contribution in [0.25, 0.3) is 0 Å². The van der Waals surface area contributed by atoms with Crippen LogP contribution in [0.4, 0.5) is 5.69 Å². The highest BCUT2D eigenvalue weighted by atomic mass is 31.2. The molecule has 2 fully saturated rings. The predicted octanol–water partition coefficient (Wildman–Crippen LogP) is 3.50. The first kappa shape index (κ1) is 14.8. The van der Waals surface area contributed by atoms with E-state index < -0.39 is 7.44 Å². The van der Waals surface area contributed by atoms with E-state index in [1.54, 1.807) is 7.11 Å². The molecule has 0 saturated carbocycles.